The fourth-order valence-electron chi connectivity index (χ4n) is 5.12. The van der Waals surface area contributed by atoms with Crippen LogP contribution in [0.5, 0.6) is 0 Å². The van der Waals surface area contributed by atoms with Gasteiger partial charge in [-0.2, -0.15) is 0 Å². The summed E-state index contributed by atoms with van der Waals surface area (Å²) < 4.78 is 9.94. The van der Waals surface area contributed by atoms with Crippen molar-refractivity contribution in [2.24, 2.45) is 7.05 Å². The topological polar surface area (TPSA) is 39.4 Å². The van der Waals surface area contributed by atoms with E-state index in [1.165, 1.54) is 11.1 Å². The number of rotatable bonds is 5. The molecule has 2 aromatic carbocycles. The van der Waals surface area contributed by atoms with Gasteiger partial charge in [0.15, 0.2) is 0 Å². The summed E-state index contributed by atoms with van der Waals surface area (Å²) in [6.07, 6.45) is 4.29. The molecular weight excluding hydrogens is 362 g/mol. The Kier molecular flexibility index (Phi) is 4.80. The van der Waals surface area contributed by atoms with Crippen LogP contribution in [-0.2, 0) is 30.5 Å². The van der Waals surface area contributed by atoms with Crippen LogP contribution in [0.4, 0.5) is 0 Å². The summed E-state index contributed by atoms with van der Waals surface area (Å²) in [7, 11) is 1.86. The number of unbranched alkanes of at least 4 members (excludes halogenated alkanes) is 1. The van der Waals surface area contributed by atoms with Crippen LogP contribution in [0.2, 0.25) is 0 Å². The molecule has 3 heterocycles. The summed E-state index contributed by atoms with van der Waals surface area (Å²) in [4.78, 5) is 15.1. The normalized spacial score (nSPS) is 18.5. The number of aromatic nitrogens is 2. The van der Waals surface area contributed by atoms with E-state index in [9.17, 15) is 4.79 Å². The molecule has 5 nitrogen and oxygen atoms in total. The molecule has 1 fully saturated rings. The van der Waals surface area contributed by atoms with Crippen LogP contribution in [0.3, 0.4) is 0 Å². The lowest BCUT2D eigenvalue weighted by molar-refractivity contribution is -0.0788. The molecule has 1 aromatic heterocycles. The molecule has 2 aliphatic heterocycles. The van der Waals surface area contributed by atoms with E-state index in [-0.39, 0.29) is 11.3 Å². The molecule has 29 heavy (non-hydrogen) atoms. The standard InChI is InChI=1S/C24H29N3O2/c1-25-21-10-4-5-11-22(21)27(23(25)28)15-7-6-14-26-16-12-24(13-17-26)20-9-3-2-8-19(20)18-29-24/h2-5,8-11H,6-7,12-18H2,1H3. The van der Waals surface area contributed by atoms with E-state index in [0.29, 0.717) is 0 Å². The van der Waals surface area contributed by atoms with Gasteiger partial charge >= 0.3 is 5.69 Å². The second-order valence-corrected chi connectivity index (χ2v) is 8.47. The van der Waals surface area contributed by atoms with Crippen molar-refractivity contribution in [3.63, 3.8) is 0 Å². The van der Waals surface area contributed by atoms with Gasteiger partial charge < -0.3 is 9.64 Å². The van der Waals surface area contributed by atoms with Crippen LogP contribution in [0.1, 0.15) is 36.8 Å². The highest BCUT2D eigenvalue weighted by Crippen LogP contribution is 2.43. The first-order valence-electron chi connectivity index (χ1n) is 10.8. The van der Waals surface area contributed by atoms with Crippen molar-refractivity contribution >= 4 is 11.0 Å². The van der Waals surface area contributed by atoms with Crippen molar-refractivity contribution in [3.05, 3.63) is 70.1 Å². The molecule has 1 saturated heterocycles. The lowest BCUT2D eigenvalue weighted by atomic mass is 9.84. The minimum absolute atomic E-state index is 0.0522. The van der Waals surface area contributed by atoms with Crippen LogP contribution in [0.15, 0.2) is 53.3 Å². The number of imidazole rings is 1. The number of likely N-dealkylation sites (tertiary alicyclic amines) is 1. The van der Waals surface area contributed by atoms with Gasteiger partial charge in [0, 0.05) is 26.7 Å². The van der Waals surface area contributed by atoms with Crippen molar-refractivity contribution in [3.8, 4) is 0 Å². The van der Waals surface area contributed by atoms with E-state index in [1.807, 2.05) is 35.9 Å². The predicted molar refractivity (Wildman–Crippen MR) is 115 cm³/mol. The number of nitrogens with zero attached hydrogens (tertiary/aromatic N) is 3. The van der Waals surface area contributed by atoms with Gasteiger partial charge in [0.05, 0.1) is 23.2 Å². The van der Waals surface area contributed by atoms with E-state index in [4.69, 9.17) is 4.74 Å². The highest BCUT2D eigenvalue weighted by atomic mass is 16.5. The van der Waals surface area contributed by atoms with Gasteiger partial charge in [-0.1, -0.05) is 36.4 Å². The molecule has 0 aliphatic carbocycles. The molecule has 0 atom stereocenters. The lowest BCUT2D eigenvalue weighted by Gasteiger charge is -2.39. The Labute approximate surface area is 171 Å². The summed E-state index contributed by atoms with van der Waals surface area (Å²) in [6.45, 7) is 4.81. The van der Waals surface area contributed by atoms with Crippen LogP contribution in [0.25, 0.3) is 11.0 Å². The number of benzene rings is 2. The van der Waals surface area contributed by atoms with Gasteiger partial charge in [-0.05, 0) is 55.5 Å². The zero-order valence-electron chi connectivity index (χ0n) is 17.1. The molecule has 0 N–H and O–H groups in total. The van der Waals surface area contributed by atoms with Gasteiger partial charge in [0.2, 0.25) is 0 Å². The Morgan fingerprint density at radius 2 is 1.62 bits per heavy atom. The Bertz CT molecular complexity index is 1070. The van der Waals surface area contributed by atoms with Crippen LogP contribution >= 0.6 is 0 Å². The Hall–Kier alpha value is -2.37. The highest BCUT2D eigenvalue weighted by molar-refractivity contribution is 5.75. The Morgan fingerprint density at radius 1 is 0.931 bits per heavy atom. The van der Waals surface area contributed by atoms with E-state index < -0.39 is 0 Å². The third-order valence-corrected chi connectivity index (χ3v) is 6.83. The summed E-state index contributed by atoms with van der Waals surface area (Å²) in [5.41, 5.74) is 4.86. The summed E-state index contributed by atoms with van der Waals surface area (Å²) in [5, 5.41) is 0. The van der Waals surface area contributed by atoms with Gasteiger partial charge in [-0.25, -0.2) is 4.79 Å². The molecule has 0 unspecified atom stereocenters. The van der Waals surface area contributed by atoms with Gasteiger partial charge in [0.25, 0.3) is 0 Å². The van der Waals surface area contributed by atoms with Gasteiger partial charge in [0.1, 0.15) is 0 Å². The molecule has 0 radical (unpaired) electrons. The monoisotopic (exact) mass is 391 g/mol. The molecule has 3 aromatic rings. The number of aryl methyl sites for hydroxylation is 2. The Morgan fingerprint density at radius 3 is 2.45 bits per heavy atom. The molecule has 1 spiro atoms. The summed E-state index contributed by atoms with van der Waals surface area (Å²) in [6, 6.07) is 16.7. The molecule has 5 heteroatoms. The van der Waals surface area contributed by atoms with Crippen molar-refractivity contribution in [1.29, 1.82) is 0 Å². The largest absolute Gasteiger partial charge is 0.365 e. The third kappa shape index (κ3) is 3.22. The first kappa shape index (κ1) is 18.6. The zero-order valence-corrected chi connectivity index (χ0v) is 17.1. The third-order valence-electron chi connectivity index (χ3n) is 6.83. The first-order valence-corrected chi connectivity index (χ1v) is 10.8. The van der Waals surface area contributed by atoms with Crippen LogP contribution < -0.4 is 5.69 Å². The zero-order chi connectivity index (χ0) is 19.8. The molecular formula is C24H29N3O2. The molecule has 152 valence electrons. The average molecular weight is 392 g/mol. The summed E-state index contributed by atoms with van der Waals surface area (Å²) >= 11 is 0. The summed E-state index contributed by atoms with van der Waals surface area (Å²) in [5.74, 6) is 0. The number of hydrogen-bond acceptors (Lipinski definition) is 3. The fraction of sp³-hybridized carbons (Fsp3) is 0.458. The van der Waals surface area contributed by atoms with E-state index in [0.717, 1.165) is 69.5 Å². The predicted octanol–water partition coefficient (Wildman–Crippen LogP) is 3.64. The van der Waals surface area contributed by atoms with Crippen molar-refractivity contribution in [1.82, 2.24) is 14.0 Å². The quantitative estimate of drug-likeness (QED) is 0.624. The molecule has 0 saturated carbocycles. The lowest BCUT2D eigenvalue weighted by Crippen LogP contribution is -2.42. The second kappa shape index (κ2) is 7.47. The minimum Gasteiger partial charge on any atom is -0.365 e. The van der Waals surface area contributed by atoms with E-state index in [2.05, 4.69) is 29.2 Å². The fourth-order valence-corrected chi connectivity index (χ4v) is 5.12. The number of ether oxygens (including phenoxy) is 1. The molecule has 5 rings (SSSR count). The van der Waals surface area contributed by atoms with Crippen molar-refractivity contribution in [2.75, 3.05) is 19.6 Å². The van der Waals surface area contributed by atoms with Crippen molar-refractivity contribution < 1.29 is 4.74 Å². The SMILES string of the molecule is Cn1c(=O)n(CCCCN2CCC3(CC2)OCc2ccccc23)c2ccccc21. The number of hydrogen-bond donors (Lipinski definition) is 0. The molecule has 0 amide bonds. The number of piperidine rings is 1. The Balaban J connectivity index is 1.15. The minimum atomic E-state index is -0.0522. The second-order valence-electron chi connectivity index (χ2n) is 8.47. The maximum Gasteiger partial charge on any atom is 0.328 e. The van der Waals surface area contributed by atoms with Crippen LogP contribution in [0, 0.1) is 0 Å². The van der Waals surface area contributed by atoms with Gasteiger partial charge in [-0.15, -0.1) is 0 Å². The maximum atomic E-state index is 12.5. The number of fused-ring (bicyclic) bond motifs is 3. The highest BCUT2D eigenvalue weighted by Gasteiger charge is 2.42. The average Bonchev–Trinajstić information content (AvgIpc) is 3.24. The smallest absolute Gasteiger partial charge is 0.328 e. The molecule has 0 bridgehead atoms. The van der Waals surface area contributed by atoms with E-state index in [1.54, 1.807) is 4.57 Å². The molecule has 2 aliphatic rings. The van der Waals surface area contributed by atoms with E-state index >= 15 is 0 Å². The van der Waals surface area contributed by atoms with Crippen molar-refractivity contribution in [2.45, 2.75) is 44.4 Å². The first-order chi connectivity index (χ1) is 14.2. The van der Waals surface area contributed by atoms with Gasteiger partial charge in [-0.3, -0.25) is 9.13 Å². The van der Waals surface area contributed by atoms with Crippen LogP contribution in [-0.4, -0.2) is 33.7 Å². The number of para-hydroxylation sites is 2. The maximum absolute atomic E-state index is 12.5.